The molecule has 4 heterocycles. The third-order valence-electron chi connectivity index (χ3n) is 7.28. The number of nitrogens with zero attached hydrogens (tertiary/aromatic N) is 7. The minimum atomic E-state index is -0.865. The normalized spacial score (nSPS) is 19.7. The fourth-order valence-electron chi connectivity index (χ4n) is 5.10. The number of rotatable bonds is 6. The van der Waals surface area contributed by atoms with Crippen LogP contribution < -0.4 is 10.1 Å². The van der Waals surface area contributed by atoms with Gasteiger partial charge in [-0.05, 0) is 39.3 Å². The van der Waals surface area contributed by atoms with E-state index in [4.69, 9.17) is 4.74 Å². The first kappa shape index (κ1) is 26.6. The maximum atomic E-state index is 13.8. The summed E-state index contributed by atoms with van der Waals surface area (Å²) < 4.78 is 34.0. The van der Waals surface area contributed by atoms with Crippen molar-refractivity contribution in [3.8, 4) is 11.6 Å². The van der Waals surface area contributed by atoms with E-state index < -0.39 is 23.2 Å². The third-order valence-corrected chi connectivity index (χ3v) is 7.28. The van der Waals surface area contributed by atoms with Crippen molar-refractivity contribution < 1.29 is 23.1 Å². The summed E-state index contributed by atoms with van der Waals surface area (Å²) in [6.07, 6.45) is 5.38. The third kappa shape index (κ3) is 5.72. The second-order valence-corrected chi connectivity index (χ2v) is 10.4. The second kappa shape index (κ2) is 10.6. The lowest BCUT2D eigenvalue weighted by molar-refractivity contribution is -0.147. The SMILES string of the molecule is C[C@@H](C(=O)Nc1cnc(Oc2ccc(F)cc2F)cn1)N1CCN(C(=O)C2CCn3ncnc3C2)C(C)(C)C1. The Morgan fingerprint density at radius 3 is 2.67 bits per heavy atom. The van der Waals surface area contributed by atoms with E-state index in [1.165, 1.54) is 18.7 Å². The molecule has 1 unspecified atom stereocenters. The lowest BCUT2D eigenvalue weighted by Gasteiger charge is -2.49. The molecule has 1 fully saturated rings. The van der Waals surface area contributed by atoms with Gasteiger partial charge in [0.15, 0.2) is 17.4 Å². The highest BCUT2D eigenvalue weighted by molar-refractivity contribution is 5.93. The van der Waals surface area contributed by atoms with E-state index in [1.54, 1.807) is 6.92 Å². The van der Waals surface area contributed by atoms with Gasteiger partial charge in [0, 0.05) is 44.6 Å². The second-order valence-electron chi connectivity index (χ2n) is 10.4. The monoisotopic (exact) mass is 540 g/mol. The predicted molar refractivity (Wildman–Crippen MR) is 136 cm³/mol. The number of fused-ring (bicyclic) bond motifs is 1. The average Bonchev–Trinajstić information content (AvgIpc) is 3.38. The quantitative estimate of drug-likeness (QED) is 0.507. The Hall–Kier alpha value is -4.00. The number of hydrogen-bond donors (Lipinski definition) is 1. The highest BCUT2D eigenvalue weighted by Gasteiger charge is 2.42. The summed E-state index contributed by atoms with van der Waals surface area (Å²) in [5.41, 5.74) is -0.469. The van der Waals surface area contributed by atoms with E-state index in [-0.39, 0.29) is 35.2 Å². The number of nitrogens with one attached hydrogen (secondary N) is 1. The van der Waals surface area contributed by atoms with Gasteiger partial charge in [0.2, 0.25) is 17.7 Å². The van der Waals surface area contributed by atoms with E-state index in [0.29, 0.717) is 38.7 Å². The minimum Gasteiger partial charge on any atom is -0.434 e. The Balaban J connectivity index is 1.16. The van der Waals surface area contributed by atoms with E-state index in [2.05, 4.69) is 25.4 Å². The van der Waals surface area contributed by atoms with Crippen LogP contribution in [0.15, 0.2) is 36.9 Å². The highest BCUT2D eigenvalue weighted by Crippen LogP contribution is 2.28. The molecule has 13 heteroatoms. The molecule has 2 atom stereocenters. The summed E-state index contributed by atoms with van der Waals surface area (Å²) >= 11 is 0. The molecule has 1 N–H and O–H groups in total. The Morgan fingerprint density at radius 2 is 1.95 bits per heavy atom. The van der Waals surface area contributed by atoms with Gasteiger partial charge in [-0.1, -0.05) is 0 Å². The summed E-state index contributed by atoms with van der Waals surface area (Å²) in [5, 5.41) is 6.93. The van der Waals surface area contributed by atoms with E-state index in [9.17, 15) is 18.4 Å². The molecule has 206 valence electrons. The number of aromatic nitrogens is 5. The fraction of sp³-hybridized carbons (Fsp3) is 0.462. The Kier molecular flexibility index (Phi) is 7.25. The van der Waals surface area contributed by atoms with E-state index in [0.717, 1.165) is 24.4 Å². The van der Waals surface area contributed by atoms with Crippen LogP contribution in [0.3, 0.4) is 0 Å². The Bertz CT molecular complexity index is 1360. The number of piperazine rings is 1. The molecule has 0 radical (unpaired) electrons. The van der Waals surface area contributed by atoms with Gasteiger partial charge in [0.1, 0.15) is 18.0 Å². The number of amides is 2. The molecular weight excluding hydrogens is 510 g/mol. The Morgan fingerprint density at radius 1 is 1.13 bits per heavy atom. The van der Waals surface area contributed by atoms with Crippen LogP contribution in [-0.4, -0.2) is 77.6 Å². The maximum Gasteiger partial charge on any atom is 0.242 e. The number of carbonyl (C=O) groups excluding carboxylic acids is 2. The largest absolute Gasteiger partial charge is 0.434 e. The summed E-state index contributed by atoms with van der Waals surface area (Å²) in [7, 11) is 0. The molecule has 2 aliphatic heterocycles. The van der Waals surface area contributed by atoms with Gasteiger partial charge < -0.3 is 15.0 Å². The van der Waals surface area contributed by atoms with Crippen LogP contribution in [0.2, 0.25) is 0 Å². The van der Waals surface area contributed by atoms with Crippen LogP contribution in [-0.2, 0) is 22.6 Å². The summed E-state index contributed by atoms with van der Waals surface area (Å²) in [4.78, 5) is 42.8. The molecular formula is C26H30F2N8O3. The van der Waals surface area contributed by atoms with Gasteiger partial charge in [0.25, 0.3) is 0 Å². The van der Waals surface area contributed by atoms with Gasteiger partial charge in [-0.2, -0.15) is 5.10 Å². The molecule has 2 aromatic heterocycles. The number of anilines is 1. The lowest BCUT2D eigenvalue weighted by Crippen LogP contribution is -2.64. The van der Waals surface area contributed by atoms with Crippen molar-refractivity contribution in [3.05, 3.63) is 54.4 Å². The van der Waals surface area contributed by atoms with Crippen LogP contribution in [0, 0.1) is 17.6 Å². The number of aryl methyl sites for hydroxylation is 1. The van der Waals surface area contributed by atoms with Gasteiger partial charge in [0.05, 0.1) is 24.0 Å². The molecule has 0 bridgehead atoms. The van der Waals surface area contributed by atoms with Crippen molar-refractivity contribution in [2.75, 3.05) is 25.0 Å². The Labute approximate surface area is 224 Å². The number of benzene rings is 1. The smallest absolute Gasteiger partial charge is 0.242 e. The number of ether oxygens (including phenoxy) is 1. The number of carbonyl (C=O) groups is 2. The molecule has 0 spiro atoms. The van der Waals surface area contributed by atoms with Crippen molar-refractivity contribution in [1.82, 2.24) is 34.5 Å². The molecule has 0 saturated carbocycles. The van der Waals surface area contributed by atoms with Crippen LogP contribution in [0.4, 0.5) is 14.6 Å². The zero-order valence-electron chi connectivity index (χ0n) is 22.0. The predicted octanol–water partition coefficient (Wildman–Crippen LogP) is 2.65. The van der Waals surface area contributed by atoms with Crippen molar-refractivity contribution in [2.45, 2.75) is 51.7 Å². The first-order valence-corrected chi connectivity index (χ1v) is 12.8. The molecule has 1 saturated heterocycles. The zero-order chi connectivity index (χ0) is 27.7. The van der Waals surface area contributed by atoms with E-state index in [1.807, 2.05) is 28.3 Å². The fourth-order valence-corrected chi connectivity index (χ4v) is 5.10. The molecule has 1 aromatic carbocycles. The number of hydrogen-bond acceptors (Lipinski definition) is 8. The van der Waals surface area contributed by atoms with Gasteiger partial charge in [-0.3, -0.25) is 19.2 Å². The van der Waals surface area contributed by atoms with Crippen molar-refractivity contribution in [1.29, 1.82) is 0 Å². The summed E-state index contributed by atoms with van der Waals surface area (Å²) in [5.74, 6) is -1.02. The molecule has 11 nitrogen and oxygen atoms in total. The van der Waals surface area contributed by atoms with Crippen molar-refractivity contribution >= 4 is 17.6 Å². The van der Waals surface area contributed by atoms with Crippen LogP contribution >= 0.6 is 0 Å². The first-order valence-electron chi connectivity index (χ1n) is 12.8. The van der Waals surface area contributed by atoms with Crippen molar-refractivity contribution in [3.63, 3.8) is 0 Å². The topological polar surface area (TPSA) is 118 Å². The minimum absolute atomic E-state index is 0.00713. The molecule has 3 aromatic rings. The molecule has 2 aliphatic rings. The van der Waals surface area contributed by atoms with Crippen molar-refractivity contribution in [2.24, 2.45) is 5.92 Å². The summed E-state index contributed by atoms with van der Waals surface area (Å²) in [6.45, 7) is 8.11. The van der Waals surface area contributed by atoms with Gasteiger partial charge >= 0.3 is 0 Å². The summed E-state index contributed by atoms with van der Waals surface area (Å²) in [6, 6.07) is 2.45. The van der Waals surface area contributed by atoms with Gasteiger partial charge in [-0.15, -0.1) is 0 Å². The molecule has 5 rings (SSSR count). The van der Waals surface area contributed by atoms with E-state index >= 15 is 0 Å². The molecule has 2 amide bonds. The molecule has 39 heavy (non-hydrogen) atoms. The van der Waals surface area contributed by atoms with Gasteiger partial charge in [-0.25, -0.2) is 23.7 Å². The standard InChI is InChI=1S/C26H30F2N8O3/c1-16(24(37)33-21-12-30-23(13-29-21)39-20-5-4-18(27)11-19(20)28)34-8-9-35(26(2,3)14-34)25(38)17-6-7-36-22(10-17)31-15-32-36/h4-5,11-13,15-17H,6-10,14H2,1-3H3,(H,29,33,37)/t16-,17?/m0/s1. The average molecular weight is 541 g/mol. The van der Waals surface area contributed by atoms with Crippen LogP contribution in [0.5, 0.6) is 11.6 Å². The van der Waals surface area contributed by atoms with Crippen LogP contribution in [0.25, 0.3) is 0 Å². The lowest BCUT2D eigenvalue weighted by atomic mass is 9.91. The zero-order valence-corrected chi connectivity index (χ0v) is 22.0. The number of halogens is 2. The van der Waals surface area contributed by atoms with Crippen LogP contribution in [0.1, 0.15) is 33.0 Å². The molecule has 0 aliphatic carbocycles. The highest BCUT2D eigenvalue weighted by atomic mass is 19.1. The maximum absolute atomic E-state index is 13.8. The first-order chi connectivity index (χ1) is 18.6.